The molecule has 1 aliphatic heterocycles. The molecule has 176 valence electrons. The summed E-state index contributed by atoms with van der Waals surface area (Å²) < 4.78 is 5.32. The smallest absolute Gasteiger partial charge is 0.309 e. The molecule has 0 spiro atoms. The van der Waals surface area contributed by atoms with Gasteiger partial charge in [-0.05, 0) is 44.4 Å². The Morgan fingerprint density at radius 2 is 1.82 bits per heavy atom. The minimum Gasteiger partial charge on any atom is -0.457 e. The van der Waals surface area contributed by atoms with E-state index >= 15 is 0 Å². The Hall–Kier alpha value is -3.26. The summed E-state index contributed by atoms with van der Waals surface area (Å²) in [4.78, 5) is 48.0. The molecule has 3 aromatic rings. The zero-order valence-corrected chi connectivity index (χ0v) is 20.1. The number of thioether (sulfide) groups is 1. The third kappa shape index (κ3) is 5.62. The predicted molar refractivity (Wildman–Crippen MR) is 131 cm³/mol. The molecule has 0 N–H and O–H groups in total. The van der Waals surface area contributed by atoms with E-state index in [9.17, 15) is 14.4 Å². The monoisotopic (exact) mass is 477 g/mol. The number of esters is 1. The number of carbonyl (C=O) groups excluding carboxylic acids is 3. The first-order valence-corrected chi connectivity index (χ1v) is 12.3. The second-order valence-electron chi connectivity index (χ2n) is 8.49. The molecule has 0 atom stereocenters. The van der Waals surface area contributed by atoms with Crippen molar-refractivity contribution >= 4 is 40.3 Å². The van der Waals surface area contributed by atoms with Crippen molar-refractivity contribution in [3.63, 3.8) is 0 Å². The first-order valence-electron chi connectivity index (χ1n) is 11.3. The lowest BCUT2D eigenvalue weighted by Gasteiger charge is -2.30. The van der Waals surface area contributed by atoms with Crippen LogP contribution in [0, 0.1) is 19.8 Å². The first-order chi connectivity index (χ1) is 16.4. The molecule has 1 aliphatic rings. The van der Waals surface area contributed by atoms with E-state index in [1.807, 2.05) is 56.3 Å². The number of para-hydroxylation sites is 1. The highest BCUT2D eigenvalue weighted by Crippen LogP contribution is 2.25. The number of nitrogens with zero attached hydrogens (tertiary/aromatic N) is 3. The summed E-state index contributed by atoms with van der Waals surface area (Å²) in [6, 6.07) is 13.4. The van der Waals surface area contributed by atoms with Crippen LogP contribution in [0.15, 0.2) is 53.8 Å². The molecule has 1 aromatic heterocycles. The van der Waals surface area contributed by atoms with Gasteiger partial charge < -0.3 is 9.64 Å². The Bertz CT molecular complexity index is 1220. The van der Waals surface area contributed by atoms with E-state index in [0.29, 0.717) is 31.5 Å². The summed E-state index contributed by atoms with van der Waals surface area (Å²) in [7, 11) is 0. The second-order valence-corrected chi connectivity index (χ2v) is 9.45. The van der Waals surface area contributed by atoms with Crippen molar-refractivity contribution in [3.05, 3.63) is 65.5 Å². The number of aryl methyl sites for hydroxylation is 2. The van der Waals surface area contributed by atoms with Gasteiger partial charge in [0.25, 0.3) is 0 Å². The maximum absolute atomic E-state index is 12.7. The van der Waals surface area contributed by atoms with E-state index < -0.39 is 0 Å². The lowest BCUT2D eigenvalue weighted by molar-refractivity contribution is -0.150. The molecule has 4 rings (SSSR count). The van der Waals surface area contributed by atoms with Crippen molar-refractivity contribution in [2.24, 2.45) is 5.92 Å². The zero-order chi connectivity index (χ0) is 24.1. The molecule has 7 nitrogen and oxygen atoms in total. The number of carbonyl (C=O) groups is 3. The number of likely N-dealkylation sites (tertiary alicyclic amines) is 1. The van der Waals surface area contributed by atoms with Crippen LogP contribution in [0.5, 0.6) is 0 Å². The fourth-order valence-corrected chi connectivity index (χ4v) is 4.94. The number of ketones is 1. The van der Waals surface area contributed by atoms with Crippen molar-refractivity contribution in [2.75, 3.05) is 25.4 Å². The van der Waals surface area contributed by atoms with Crippen LogP contribution in [-0.4, -0.2) is 58.0 Å². The van der Waals surface area contributed by atoms with E-state index in [1.54, 1.807) is 4.90 Å². The molecule has 0 unspecified atom stereocenters. The van der Waals surface area contributed by atoms with Crippen LogP contribution >= 0.6 is 11.8 Å². The lowest BCUT2D eigenvalue weighted by atomic mass is 9.97. The second kappa shape index (κ2) is 10.8. The third-order valence-corrected chi connectivity index (χ3v) is 7.05. The number of piperidine rings is 1. The van der Waals surface area contributed by atoms with Crippen LogP contribution in [0.25, 0.3) is 10.9 Å². The number of amides is 1. The van der Waals surface area contributed by atoms with Crippen LogP contribution in [0.4, 0.5) is 0 Å². The minimum absolute atomic E-state index is 0.0182. The van der Waals surface area contributed by atoms with E-state index in [-0.39, 0.29) is 35.9 Å². The van der Waals surface area contributed by atoms with Crippen molar-refractivity contribution in [2.45, 2.75) is 31.7 Å². The largest absolute Gasteiger partial charge is 0.457 e. The fourth-order valence-electron chi connectivity index (χ4n) is 4.05. The van der Waals surface area contributed by atoms with Gasteiger partial charge in [0.2, 0.25) is 11.7 Å². The van der Waals surface area contributed by atoms with E-state index in [4.69, 9.17) is 4.74 Å². The average Bonchev–Trinajstić information content (AvgIpc) is 2.87. The van der Waals surface area contributed by atoms with Crippen molar-refractivity contribution < 1.29 is 19.1 Å². The van der Waals surface area contributed by atoms with Crippen LogP contribution < -0.4 is 0 Å². The summed E-state index contributed by atoms with van der Waals surface area (Å²) in [5, 5.41) is 1.71. The zero-order valence-electron chi connectivity index (χ0n) is 19.3. The van der Waals surface area contributed by atoms with Crippen molar-refractivity contribution in [3.8, 4) is 0 Å². The molecular formula is C26H27N3O4S. The Labute approximate surface area is 202 Å². The maximum atomic E-state index is 12.7. The Morgan fingerprint density at radius 1 is 1.06 bits per heavy atom. The predicted octanol–water partition coefficient (Wildman–Crippen LogP) is 4.00. The molecule has 0 aliphatic carbocycles. The van der Waals surface area contributed by atoms with Gasteiger partial charge in [-0.1, -0.05) is 47.7 Å². The maximum Gasteiger partial charge on any atom is 0.309 e. The molecule has 8 heteroatoms. The van der Waals surface area contributed by atoms with Crippen LogP contribution in [0.2, 0.25) is 0 Å². The first kappa shape index (κ1) is 23.9. The Balaban J connectivity index is 1.24. The van der Waals surface area contributed by atoms with Gasteiger partial charge in [0.05, 0.1) is 17.2 Å². The van der Waals surface area contributed by atoms with E-state index in [0.717, 1.165) is 27.1 Å². The number of hydrogen-bond acceptors (Lipinski definition) is 7. The van der Waals surface area contributed by atoms with Gasteiger partial charge in [0.1, 0.15) is 11.4 Å². The number of benzene rings is 2. The van der Waals surface area contributed by atoms with E-state index in [1.165, 1.54) is 18.1 Å². The highest BCUT2D eigenvalue weighted by molar-refractivity contribution is 8.00. The van der Waals surface area contributed by atoms with Crippen LogP contribution in [0.3, 0.4) is 0 Å². The van der Waals surface area contributed by atoms with Gasteiger partial charge in [-0.25, -0.2) is 9.97 Å². The molecule has 0 saturated carbocycles. The topological polar surface area (TPSA) is 89.5 Å². The highest BCUT2D eigenvalue weighted by atomic mass is 32.2. The molecule has 2 heterocycles. The number of hydrogen-bond donors (Lipinski definition) is 0. The number of Topliss-reactive ketones (excluding diaryl/α,β-unsaturated/α-hetero) is 1. The SMILES string of the molecule is Cc1ccc(C)c(C(=O)COC(=O)C2CCN(C(=O)CSc3ncnc4ccccc34)CC2)c1. The average molecular weight is 478 g/mol. The van der Waals surface area contributed by atoms with Gasteiger partial charge in [0, 0.05) is 24.0 Å². The summed E-state index contributed by atoms with van der Waals surface area (Å²) in [6.07, 6.45) is 2.57. The van der Waals surface area contributed by atoms with Crippen LogP contribution in [0.1, 0.15) is 34.3 Å². The molecule has 1 saturated heterocycles. The number of rotatable bonds is 7. The van der Waals surface area contributed by atoms with Gasteiger partial charge in [0.15, 0.2) is 6.61 Å². The molecular weight excluding hydrogens is 450 g/mol. The quantitative estimate of drug-likeness (QED) is 0.220. The summed E-state index contributed by atoms with van der Waals surface area (Å²) >= 11 is 1.40. The third-order valence-electron chi connectivity index (χ3n) is 6.06. The van der Waals surface area contributed by atoms with E-state index in [2.05, 4.69) is 9.97 Å². The van der Waals surface area contributed by atoms with Gasteiger partial charge in [-0.15, -0.1) is 0 Å². The molecule has 2 aromatic carbocycles. The number of ether oxygens (including phenoxy) is 1. The molecule has 1 amide bonds. The normalized spacial score (nSPS) is 14.2. The highest BCUT2D eigenvalue weighted by Gasteiger charge is 2.29. The summed E-state index contributed by atoms with van der Waals surface area (Å²) in [5.74, 6) is -0.567. The van der Waals surface area contributed by atoms with Gasteiger partial charge >= 0.3 is 5.97 Å². The Kier molecular flexibility index (Phi) is 7.57. The minimum atomic E-state index is -0.368. The molecule has 34 heavy (non-hydrogen) atoms. The summed E-state index contributed by atoms with van der Waals surface area (Å²) in [5.41, 5.74) is 3.29. The summed E-state index contributed by atoms with van der Waals surface area (Å²) in [6.45, 7) is 4.52. The molecule has 1 fully saturated rings. The lowest BCUT2D eigenvalue weighted by Crippen LogP contribution is -2.41. The van der Waals surface area contributed by atoms with Crippen molar-refractivity contribution in [1.29, 1.82) is 0 Å². The number of fused-ring (bicyclic) bond motifs is 1. The standard InChI is InChI=1S/C26H27N3O4S/c1-17-7-8-18(2)21(13-17)23(30)14-33-26(32)19-9-11-29(12-10-19)24(31)15-34-25-20-5-3-4-6-22(20)27-16-28-25/h3-8,13,16,19H,9-12,14-15H2,1-2H3. The Morgan fingerprint density at radius 3 is 2.62 bits per heavy atom. The van der Waals surface area contributed by atoms with Crippen LogP contribution in [-0.2, 0) is 14.3 Å². The number of aromatic nitrogens is 2. The molecule has 0 radical (unpaired) electrons. The van der Waals surface area contributed by atoms with Gasteiger partial charge in [-0.2, -0.15) is 0 Å². The van der Waals surface area contributed by atoms with Gasteiger partial charge in [-0.3, -0.25) is 14.4 Å². The van der Waals surface area contributed by atoms with Crippen molar-refractivity contribution in [1.82, 2.24) is 14.9 Å². The fraction of sp³-hybridized carbons (Fsp3) is 0.346. The molecule has 0 bridgehead atoms.